The van der Waals surface area contributed by atoms with Gasteiger partial charge in [-0.15, -0.1) is 0 Å². The highest BCUT2D eigenvalue weighted by Crippen LogP contribution is 2.13. The Balaban J connectivity index is 1.93. The van der Waals surface area contributed by atoms with Gasteiger partial charge in [0.1, 0.15) is 5.75 Å². The Hall–Kier alpha value is -3.59. The summed E-state index contributed by atoms with van der Waals surface area (Å²) in [6, 6.07) is 16.2. The number of rotatable bonds is 7. The van der Waals surface area contributed by atoms with Crippen LogP contribution in [0.25, 0.3) is 6.08 Å². The minimum absolute atomic E-state index is 0.151. The number of carbonyl (C=O) groups is 2. The van der Waals surface area contributed by atoms with Gasteiger partial charge in [-0.3, -0.25) is 9.59 Å². The summed E-state index contributed by atoms with van der Waals surface area (Å²) in [5.41, 5.74) is 7.30. The zero-order chi connectivity index (χ0) is 18.9. The molecule has 2 amide bonds. The molecule has 6 heteroatoms. The second-order valence-electron chi connectivity index (χ2n) is 5.66. The predicted molar refractivity (Wildman–Crippen MR) is 97.8 cm³/mol. The largest absolute Gasteiger partial charge is 0.484 e. The summed E-state index contributed by atoms with van der Waals surface area (Å²) < 4.78 is 5.17. The number of benzene rings is 2. The van der Waals surface area contributed by atoms with Gasteiger partial charge >= 0.3 is 0 Å². The molecule has 2 aromatic rings. The maximum Gasteiger partial charge on any atom is 0.255 e. The van der Waals surface area contributed by atoms with E-state index in [0.29, 0.717) is 17.9 Å². The number of nitrogens with two attached hydrogens (primary N) is 1. The molecule has 0 saturated heterocycles. The smallest absolute Gasteiger partial charge is 0.255 e. The number of ether oxygens (including phenoxy) is 1. The maximum atomic E-state index is 12.2. The van der Waals surface area contributed by atoms with Crippen LogP contribution < -0.4 is 10.5 Å². The van der Waals surface area contributed by atoms with Crippen LogP contribution in [0.15, 0.2) is 54.6 Å². The number of carbonyl (C=O) groups excluding carboxylic acids is 2. The number of nitriles is 1. The fraction of sp³-hybridized carbons (Fsp3) is 0.150. The third-order valence-electron chi connectivity index (χ3n) is 3.53. The minimum atomic E-state index is -0.539. The van der Waals surface area contributed by atoms with Gasteiger partial charge in [-0.1, -0.05) is 24.3 Å². The average molecular weight is 349 g/mol. The Morgan fingerprint density at radius 1 is 1.23 bits per heavy atom. The molecule has 26 heavy (non-hydrogen) atoms. The first kappa shape index (κ1) is 18.7. The van der Waals surface area contributed by atoms with Gasteiger partial charge in [0.25, 0.3) is 5.91 Å². The third-order valence-corrected chi connectivity index (χ3v) is 3.53. The van der Waals surface area contributed by atoms with Crippen LogP contribution in [0.5, 0.6) is 5.75 Å². The molecule has 0 aliphatic carbocycles. The van der Waals surface area contributed by atoms with E-state index in [1.165, 1.54) is 6.08 Å². The first-order valence-electron chi connectivity index (χ1n) is 7.91. The Morgan fingerprint density at radius 3 is 2.62 bits per heavy atom. The molecular formula is C20H19N3O3. The summed E-state index contributed by atoms with van der Waals surface area (Å²) >= 11 is 0. The monoisotopic (exact) mass is 349 g/mol. The van der Waals surface area contributed by atoms with E-state index in [1.807, 2.05) is 6.07 Å². The summed E-state index contributed by atoms with van der Waals surface area (Å²) in [4.78, 5) is 24.5. The second-order valence-corrected chi connectivity index (χ2v) is 5.66. The van der Waals surface area contributed by atoms with E-state index in [-0.39, 0.29) is 12.5 Å². The highest BCUT2D eigenvalue weighted by Gasteiger charge is 2.06. The van der Waals surface area contributed by atoms with E-state index in [1.54, 1.807) is 60.5 Å². The number of hydrogen-bond acceptors (Lipinski definition) is 4. The number of amides is 2. The highest BCUT2D eigenvalue weighted by molar-refractivity contribution is 5.91. The Bertz CT molecular complexity index is 851. The standard InChI is InChI=1S/C20H19N3O3/c1-23(13-17-4-2-3-16(11-17)12-21)20(25)10-7-15-5-8-18(9-6-15)26-14-19(22)24/h2-11H,13-14H2,1H3,(H2,22,24). The van der Waals surface area contributed by atoms with Crippen LogP contribution in [0.4, 0.5) is 0 Å². The molecule has 0 radical (unpaired) electrons. The van der Waals surface area contributed by atoms with Gasteiger partial charge in [-0.25, -0.2) is 0 Å². The summed E-state index contributed by atoms with van der Waals surface area (Å²) in [5.74, 6) is -0.161. The fourth-order valence-corrected chi connectivity index (χ4v) is 2.22. The zero-order valence-electron chi connectivity index (χ0n) is 14.4. The zero-order valence-corrected chi connectivity index (χ0v) is 14.4. The van der Waals surface area contributed by atoms with Crippen LogP contribution in [0, 0.1) is 11.3 Å². The predicted octanol–water partition coefficient (Wildman–Crippen LogP) is 2.09. The van der Waals surface area contributed by atoms with Crippen molar-refractivity contribution in [2.75, 3.05) is 13.7 Å². The molecule has 0 aromatic heterocycles. The van der Waals surface area contributed by atoms with Crippen LogP contribution in [-0.4, -0.2) is 30.4 Å². The van der Waals surface area contributed by atoms with E-state index < -0.39 is 5.91 Å². The van der Waals surface area contributed by atoms with Crippen molar-refractivity contribution in [3.8, 4) is 11.8 Å². The normalized spacial score (nSPS) is 10.3. The van der Waals surface area contributed by atoms with Crippen molar-refractivity contribution in [3.63, 3.8) is 0 Å². The molecule has 0 aliphatic rings. The van der Waals surface area contributed by atoms with Crippen LogP contribution in [0.1, 0.15) is 16.7 Å². The van der Waals surface area contributed by atoms with Gasteiger partial charge in [-0.05, 0) is 41.5 Å². The molecule has 6 nitrogen and oxygen atoms in total. The van der Waals surface area contributed by atoms with Crippen molar-refractivity contribution in [2.45, 2.75) is 6.54 Å². The molecule has 2 aromatic carbocycles. The fourth-order valence-electron chi connectivity index (χ4n) is 2.22. The summed E-state index contributed by atoms with van der Waals surface area (Å²) in [5, 5.41) is 8.92. The van der Waals surface area contributed by atoms with Crippen molar-refractivity contribution < 1.29 is 14.3 Å². The highest BCUT2D eigenvalue weighted by atomic mass is 16.5. The third kappa shape index (κ3) is 5.80. The van der Waals surface area contributed by atoms with Crippen LogP contribution in [0.2, 0.25) is 0 Å². The molecule has 0 unspecified atom stereocenters. The number of primary amides is 1. The van der Waals surface area contributed by atoms with E-state index in [9.17, 15) is 9.59 Å². The van der Waals surface area contributed by atoms with Gasteiger partial charge < -0.3 is 15.4 Å². The van der Waals surface area contributed by atoms with Crippen molar-refractivity contribution in [2.24, 2.45) is 5.73 Å². The van der Waals surface area contributed by atoms with Crippen molar-refractivity contribution in [1.29, 1.82) is 5.26 Å². The first-order valence-corrected chi connectivity index (χ1v) is 7.91. The summed E-state index contributed by atoms with van der Waals surface area (Å²) in [6.07, 6.45) is 3.18. The Morgan fingerprint density at radius 2 is 1.96 bits per heavy atom. The van der Waals surface area contributed by atoms with Crippen LogP contribution in [0.3, 0.4) is 0 Å². The number of likely N-dealkylation sites (N-methyl/N-ethyl adjacent to an activating group) is 1. The SMILES string of the molecule is CN(Cc1cccc(C#N)c1)C(=O)C=Cc1ccc(OCC(N)=O)cc1. The number of hydrogen-bond donors (Lipinski definition) is 1. The molecule has 0 spiro atoms. The van der Waals surface area contributed by atoms with Gasteiger partial charge in [0.2, 0.25) is 5.91 Å². The second kappa shape index (κ2) is 9.04. The lowest BCUT2D eigenvalue weighted by molar-refractivity contribution is -0.125. The molecule has 0 saturated carbocycles. The molecular weight excluding hydrogens is 330 g/mol. The lowest BCUT2D eigenvalue weighted by atomic mass is 10.1. The molecule has 0 bridgehead atoms. The summed E-state index contributed by atoms with van der Waals surface area (Å²) in [7, 11) is 1.70. The average Bonchev–Trinajstić information content (AvgIpc) is 2.65. The van der Waals surface area contributed by atoms with Crippen molar-refractivity contribution >= 4 is 17.9 Å². The minimum Gasteiger partial charge on any atom is -0.484 e. The lowest BCUT2D eigenvalue weighted by Gasteiger charge is -2.15. The quantitative estimate of drug-likeness (QED) is 0.774. The first-order chi connectivity index (χ1) is 12.5. The number of nitrogens with zero attached hydrogens (tertiary/aromatic N) is 2. The maximum absolute atomic E-state index is 12.2. The van der Waals surface area contributed by atoms with Crippen LogP contribution in [-0.2, 0) is 16.1 Å². The molecule has 0 heterocycles. The van der Waals surface area contributed by atoms with Crippen molar-refractivity contribution in [3.05, 3.63) is 71.3 Å². The van der Waals surface area contributed by atoms with Crippen LogP contribution >= 0.6 is 0 Å². The topological polar surface area (TPSA) is 96.4 Å². The van der Waals surface area contributed by atoms with Gasteiger partial charge in [0.15, 0.2) is 6.61 Å². The van der Waals surface area contributed by atoms with E-state index in [4.69, 9.17) is 15.7 Å². The van der Waals surface area contributed by atoms with E-state index >= 15 is 0 Å². The molecule has 0 fully saturated rings. The molecule has 0 atom stereocenters. The van der Waals surface area contributed by atoms with Gasteiger partial charge in [0.05, 0.1) is 11.6 Å². The summed E-state index contributed by atoms with van der Waals surface area (Å²) in [6.45, 7) is 0.240. The Labute approximate surface area is 152 Å². The lowest BCUT2D eigenvalue weighted by Crippen LogP contribution is -2.24. The van der Waals surface area contributed by atoms with E-state index in [0.717, 1.165) is 11.1 Å². The molecule has 2 N–H and O–H groups in total. The Kier molecular flexibility index (Phi) is 6.52. The molecule has 0 aliphatic heterocycles. The van der Waals surface area contributed by atoms with Gasteiger partial charge in [0, 0.05) is 19.7 Å². The van der Waals surface area contributed by atoms with Crippen molar-refractivity contribution in [1.82, 2.24) is 4.90 Å². The van der Waals surface area contributed by atoms with Gasteiger partial charge in [-0.2, -0.15) is 5.26 Å². The molecule has 2 rings (SSSR count). The molecule has 132 valence electrons. The van der Waals surface area contributed by atoms with E-state index in [2.05, 4.69) is 6.07 Å².